The van der Waals surface area contributed by atoms with Crippen LogP contribution in [0.5, 0.6) is 0 Å². The van der Waals surface area contributed by atoms with E-state index in [1.807, 2.05) is 18.5 Å². The SMILES string of the molecule is C[C@]12CC[CH-]CC1=CCC1C2CC[C@]2(C)C(c3ccccc3)=CCC12.C[C@]12CC[CH-]CC1=CCC1C2CC[C@]2(C)C(c3ccccn3)=CCC12.C[C@]12CC[CH-]CC1=CCC1C2CC[C@]2(C)C(c3cccnc3)=CCC12.C[C@]12CC[CH-]CC1=CCC1C2CC[C@]2(C)C(n3ccc4ccccc43)=CCC12.[Y].[Y].[Y].[Y]. The van der Waals surface area contributed by atoms with Gasteiger partial charge in [0.2, 0.25) is 0 Å². The summed E-state index contributed by atoms with van der Waals surface area (Å²) in [4.78, 5) is 9.09. The van der Waals surface area contributed by atoms with Crippen molar-refractivity contribution in [2.24, 2.45) is 114 Å². The number of hydrogen-bond acceptors (Lipinski definition) is 2. The number of para-hydroxylation sites is 1. The van der Waals surface area contributed by atoms with Gasteiger partial charge < -0.3 is 30.3 Å². The summed E-state index contributed by atoms with van der Waals surface area (Å²) in [5, 5.41) is 1.36. The third-order valence-corrected chi connectivity index (χ3v) is 34.6. The Kier molecular flexibility index (Phi) is 25.0. The largest absolute Gasteiger partial charge is 0.325 e. The molecule has 12 unspecified atom stereocenters. The zero-order valence-corrected chi connectivity index (χ0v) is 78.1. The van der Waals surface area contributed by atoms with E-state index in [4.69, 9.17) is 4.98 Å². The van der Waals surface area contributed by atoms with Crippen molar-refractivity contribution < 1.29 is 131 Å². The van der Waals surface area contributed by atoms with Crippen molar-refractivity contribution in [2.75, 3.05) is 0 Å². The second-order valence-corrected chi connectivity index (χ2v) is 38.4. The quantitative estimate of drug-likeness (QED) is 0.133. The van der Waals surface area contributed by atoms with Crippen LogP contribution in [0.15, 0.2) is 187 Å². The molecular weight excluding hydrogens is 1600 g/mol. The Hall–Kier alpha value is -1.38. The molecule has 107 heavy (non-hydrogen) atoms. The van der Waals surface area contributed by atoms with E-state index in [0.717, 1.165) is 71.0 Å². The van der Waals surface area contributed by atoms with Gasteiger partial charge in [0.15, 0.2) is 0 Å². The van der Waals surface area contributed by atoms with Crippen molar-refractivity contribution in [3.05, 3.63) is 229 Å². The van der Waals surface area contributed by atoms with Crippen molar-refractivity contribution in [3.8, 4) is 0 Å². The fraction of sp³-hybridized carbons (Fsp3) is 0.560. The van der Waals surface area contributed by atoms with Gasteiger partial charge in [-0.15, -0.1) is 0 Å². The average Bonchev–Trinajstić information content (AvgIpc) is 1.65. The van der Waals surface area contributed by atoms with Gasteiger partial charge >= 0.3 is 0 Å². The van der Waals surface area contributed by atoms with Crippen LogP contribution in [-0.4, -0.2) is 14.5 Å². The second kappa shape index (κ2) is 32.6. The summed E-state index contributed by atoms with van der Waals surface area (Å²) in [5.74, 6) is 10.4. The molecule has 2 aromatic carbocycles. The molecule has 8 saturated carbocycles. The summed E-state index contributed by atoms with van der Waals surface area (Å²) in [6.45, 7) is 20.6. The fourth-order valence-corrected chi connectivity index (χ4v) is 28.8. The minimum Gasteiger partial charge on any atom is -0.325 e. The Morgan fingerprint density at radius 1 is 0.336 bits per heavy atom. The Morgan fingerprint density at radius 2 is 0.729 bits per heavy atom. The molecule has 3 nitrogen and oxygen atoms in total. The van der Waals surface area contributed by atoms with E-state index in [0.29, 0.717) is 43.3 Å². The molecule has 7 heteroatoms. The molecule has 5 aromatic rings. The zero-order chi connectivity index (χ0) is 70.1. The first-order chi connectivity index (χ1) is 50.0. The molecule has 0 amide bonds. The van der Waals surface area contributed by atoms with E-state index in [9.17, 15) is 0 Å². The van der Waals surface area contributed by atoms with Crippen LogP contribution >= 0.6 is 0 Å². The molecule has 20 atom stereocenters. The predicted molar refractivity (Wildman–Crippen MR) is 431 cm³/mol. The molecule has 3 heterocycles. The minimum absolute atomic E-state index is 0. The van der Waals surface area contributed by atoms with Crippen molar-refractivity contribution in [3.63, 3.8) is 0 Å². The fourth-order valence-electron chi connectivity index (χ4n) is 28.8. The molecule has 8 fully saturated rings. The van der Waals surface area contributed by atoms with E-state index >= 15 is 0 Å². The Balaban J connectivity index is 0.000000118. The molecule has 21 rings (SSSR count). The van der Waals surface area contributed by atoms with Crippen LogP contribution in [-0.2, 0) is 131 Å². The maximum Gasteiger partial charge on any atom is 0.0664 e. The van der Waals surface area contributed by atoms with Gasteiger partial charge in [-0.05, 0) is 275 Å². The minimum atomic E-state index is 0. The molecule has 0 aliphatic heterocycles. The Morgan fingerprint density at radius 3 is 1.18 bits per heavy atom. The van der Waals surface area contributed by atoms with Crippen LogP contribution in [0.25, 0.3) is 33.3 Å². The van der Waals surface area contributed by atoms with Gasteiger partial charge in [0.05, 0.1) is 11.2 Å². The van der Waals surface area contributed by atoms with Crippen molar-refractivity contribution in [2.45, 2.75) is 235 Å². The third kappa shape index (κ3) is 13.8. The van der Waals surface area contributed by atoms with Gasteiger partial charge in [-0.3, -0.25) is 9.97 Å². The summed E-state index contributed by atoms with van der Waals surface area (Å²) in [6.07, 6.45) is 76.4. The molecule has 16 aliphatic carbocycles. The number of aromatic nitrogens is 3. The average molecular weight is 1720 g/mol. The van der Waals surface area contributed by atoms with Crippen molar-refractivity contribution in [1.29, 1.82) is 0 Å². The summed E-state index contributed by atoms with van der Waals surface area (Å²) in [7, 11) is 0. The summed E-state index contributed by atoms with van der Waals surface area (Å²) in [5.41, 5.74) is 22.2. The van der Waals surface area contributed by atoms with Gasteiger partial charge in [-0.1, -0.05) is 213 Å². The molecule has 0 N–H and O–H groups in total. The first kappa shape index (κ1) is 82.2. The Labute approximate surface area is 748 Å². The second-order valence-electron chi connectivity index (χ2n) is 38.4. The van der Waals surface area contributed by atoms with Crippen LogP contribution in [0.3, 0.4) is 0 Å². The summed E-state index contributed by atoms with van der Waals surface area (Å²) in [6, 6.07) is 33.1. The van der Waals surface area contributed by atoms with E-state index in [2.05, 4.69) is 237 Å². The first-order valence-corrected chi connectivity index (χ1v) is 42.3. The van der Waals surface area contributed by atoms with E-state index in [-0.39, 0.29) is 131 Å². The van der Waals surface area contributed by atoms with E-state index in [1.54, 1.807) is 39.1 Å². The van der Waals surface area contributed by atoms with Crippen LogP contribution in [0.4, 0.5) is 0 Å². The first-order valence-electron chi connectivity index (χ1n) is 42.3. The van der Waals surface area contributed by atoms with Gasteiger partial charge in [0.25, 0.3) is 0 Å². The number of nitrogens with zero attached hydrogens (tertiary/aromatic N) is 3. The van der Waals surface area contributed by atoms with Crippen molar-refractivity contribution in [1.82, 2.24) is 14.5 Å². The molecule has 0 spiro atoms. The van der Waals surface area contributed by atoms with E-state index in [1.165, 1.54) is 213 Å². The molecule has 3 aromatic heterocycles. The number of pyridine rings is 2. The van der Waals surface area contributed by atoms with Gasteiger partial charge in [0.1, 0.15) is 0 Å². The zero-order valence-electron chi connectivity index (χ0n) is 66.8. The van der Waals surface area contributed by atoms with Gasteiger partial charge in [-0.25, -0.2) is 0 Å². The van der Waals surface area contributed by atoms with E-state index < -0.39 is 0 Å². The topological polar surface area (TPSA) is 30.7 Å². The monoisotopic (exact) mass is 1720 g/mol. The maximum atomic E-state index is 4.70. The Bertz CT molecular complexity index is 3980. The van der Waals surface area contributed by atoms with Crippen LogP contribution in [0.1, 0.15) is 252 Å². The molecule has 554 valence electrons. The number of allylic oxidation sites excluding steroid dienone is 16. The van der Waals surface area contributed by atoms with Crippen LogP contribution < -0.4 is 0 Å². The molecule has 0 bridgehead atoms. The van der Waals surface area contributed by atoms with Crippen LogP contribution in [0.2, 0.25) is 0 Å². The number of benzene rings is 2. The smallest absolute Gasteiger partial charge is 0.0664 e. The van der Waals surface area contributed by atoms with Gasteiger partial charge in [-0.2, -0.15) is 51.4 Å². The summed E-state index contributed by atoms with van der Waals surface area (Å²) >= 11 is 0. The van der Waals surface area contributed by atoms with Gasteiger partial charge in [0, 0.05) is 167 Å². The number of hydrogen-bond donors (Lipinski definition) is 0. The maximum absolute atomic E-state index is 4.70. The molecular formula is C100H123N3Y4-4. The third-order valence-electron chi connectivity index (χ3n) is 34.6. The number of rotatable bonds is 4. The normalized spacial score (nSPS) is 40.3. The van der Waals surface area contributed by atoms with Crippen molar-refractivity contribution >= 4 is 33.3 Å². The predicted octanol–water partition coefficient (Wildman–Crippen LogP) is 26.6. The molecule has 16 aliphatic rings. The molecule has 0 saturated heterocycles. The standard InChI is InChI=1S/C27H32N.C25H31.2C24H30N.4Y/c1-26-16-6-5-8-20(26)10-11-21-22-12-13-25(27(22,2)17-14-23(21)26)28-18-15-19-7-3-4-9-24(19)28;1-24-16-7-6-10-19(24)11-12-20-22-14-13-21(18-8-4-3-5-9-18)25(22,2)17-15-23(20)24;1-23-14-5-3-7-17(23)9-10-18-19-11-12-21(22-8-4-6-16-25-22)24(19,2)15-13-20(18)23;1-23-13-4-3-7-18(23)8-9-19-21-11-10-20(17-6-5-15-25-16-17)24(21,2)14-12-22(19)23;;;;/h3-5,7,9-10,13,15,18,21-23H,6,8,11-12,14,16-17H2,1-2H3;3-6,8-9,11,13,20,22-23H,7,10,12,14-17H2,1-2H3;3-4,6,8-9,12,16,18-20H,5,7,10-11,13-15H2,1-2H3;3,5-6,8,10,15-16,19,21-22H,4,7,9,11-14H2,1-2H3;;;;/q4*-1;;;;/t21?,22?,23?,26-,27-;20?,22?,23?,24-,25+;18?,19?,20?,23-,24-;19?,21?,22?,23-,24+;;;;/m0000..../s1. The number of fused-ring (bicyclic) bond motifs is 21. The molecule has 4 radical (unpaired) electrons. The van der Waals surface area contributed by atoms with Crippen LogP contribution in [0, 0.1) is 140 Å². The summed E-state index contributed by atoms with van der Waals surface area (Å²) < 4.78 is 2.51.